The minimum absolute atomic E-state index is 0.0424. The molecule has 0 aliphatic rings. The quantitative estimate of drug-likeness (QED) is 0.817. The molecule has 22 heavy (non-hydrogen) atoms. The second-order valence-corrected chi connectivity index (χ2v) is 6.02. The van der Waals surface area contributed by atoms with E-state index in [2.05, 4.69) is 50.2 Å². The monoisotopic (exact) mass is 361 g/mol. The predicted molar refractivity (Wildman–Crippen MR) is 92.6 cm³/mol. The number of amides is 1. The highest BCUT2D eigenvalue weighted by Gasteiger charge is 2.11. The Kier molecular flexibility index (Phi) is 6.55. The van der Waals surface area contributed by atoms with Gasteiger partial charge in [0, 0.05) is 17.2 Å². The van der Waals surface area contributed by atoms with Crippen LogP contribution in [0.15, 0.2) is 53.1 Å². The van der Waals surface area contributed by atoms with Gasteiger partial charge in [-0.2, -0.15) is 0 Å². The molecule has 2 aromatic rings. The molecule has 0 atom stereocenters. The summed E-state index contributed by atoms with van der Waals surface area (Å²) in [7, 11) is 0. The summed E-state index contributed by atoms with van der Waals surface area (Å²) in [4.78, 5) is 18.5. The lowest BCUT2D eigenvalue weighted by Crippen LogP contribution is -2.33. The van der Waals surface area contributed by atoms with E-state index in [1.54, 1.807) is 12.3 Å². The zero-order valence-corrected chi connectivity index (χ0v) is 14.2. The van der Waals surface area contributed by atoms with Crippen molar-refractivity contribution in [3.8, 4) is 0 Å². The number of nitrogens with one attached hydrogen (secondary N) is 1. The van der Waals surface area contributed by atoms with Crippen LogP contribution in [-0.4, -0.2) is 28.9 Å². The first-order valence-corrected chi connectivity index (χ1v) is 8.14. The predicted octanol–water partition coefficient (Wildman–Crippen LogP) is 3.69. The van der Waals surface area contributed by atoms with E-state index >= 15 is 0 Å². The van der Waals surface area contributed by atoms with Crippen molar-refractivity contribution in [3.05, 3.63) is 58.7 Å². The third-order valence-corrected chi connectivity index (χ3v) is 3.62. The van der Waals surface area contributed by atoms with Gasteiger partial charge in [-0.3, -0.25) is 9.69 Å². The van der Waals surface area contributed by atoms with E-state index in [1.807, 2.05) is 24.3 Å². The van der Waals surface area contributed by atoms with Gasteiger partial charge in [-0.15, -0.1) is 0 Å². The molecule has 0 aliphatic heterocycles. The van der Waals surface area contributed by atoms with Gasteiger partial charge < -0.3 is 5.32 Å². The van der Waals surface area contributed by atoms with Crippen LogP contribution in [0.5, 0.6) is 0 Å². The standard InChI is InChI=1S/C17H20BrN3O/c1-2-10-21(12-14-6-4-3-5-7-14)13-17(22)20-16-9-8-15(18)11-19-16/h3-9,11H,2,10,12-13H2,1H3,(H,19,20,22). The van der Waals surface area contributed by atoms with Crippen LogP contribution < -0.4 is 5.32 Å². The van der Waals surface area contributed by atoms with Gasteiger partial charge in [-0.25, -0.2) is 4.98 Å². The van der Waals surface area contributed by atoms with Crippen molar-refractivity contribution >= 4 is 27.7 Å². The highest BCUT2D eigenvalue weighted by Crippen LogP contribution is 2.11. The van der Waals surface area contributed by atoms with Crippen LogP contribution in [0.25, 0.3) is 0 Å². The van der Waals surface area contributed by atoms with Crippen molar-refractivity contribution < 1.29 is 4.79 Å². The number of aromatic nitrogens is 1. The summed E-state index contributed by atoms with van der Waals surface area (Å²) >= 11 is 3.33. The first-order valence-electron chi connectivity index (χ1n) is 7.35. The van der Waals surface area contributed by atoms with Crippen molar-refractivity contribution in [1.29, 1.82) is 0 Å². The normalized spacial score (nSPS) is 10.7. The van der Waals surface area contributed by atoms with E-state index in [9.17, 15) is 4.79 Å². The molecule has 0 fully saturated rings. The van der Waals surface area contributed by atoms with Crippen molar-refractivity contribution in [3.63, 3.8) is 0 Å². The van der Waals surface area contributed by atoms with Crippen LogP contribution in [0.4, 0.5) is 5.82 Å². The van der Waals surface area contributed by atoms with E-state index in [0.717, 1.165) is 24.0 Å². The third kappa shape index (κ3) is 5.58. The Morgan fingerprint density at radius 3 is 2.64 bits per heavy atom. The fourth-order valence-electron chi connectivity index (χ4n) is 2.21. The Hall–Kier alpha value is -1.72. The van der Waals surface area contributed by atoms with E-state index < -0.39 is 0 Å². The highest BCUT2D eigenvalue weighted by atomic mass is 79.9. The molecule has 0 radical (unpaired) electrons. The van der Waals surface area contributed by atoms with Gasteiger partial charge in [0.15, 0.2) is 0 Å². The number of hydrogen-bond donors (Lipinski definition) is 1. The smallest absolute Gasteiger partial charge is 0.239 e. The summed E-state index contributed by atoms with van der Waals surface area (Å²) < 4.78 is 0.891. The molecular weight excluding hydrogens is 342 g/mol. The minimum Gasteiger partial charge on any atom is -0.310 e. The summed E-state index contributed by atoms with van der Waals surface area (Å²) in [5.74, 6) is 0.531. The average Bonchev–Trinajstić information content (AvgIpc) is 2.51. The molecule has 0 saturated heterocycles. The lowest BCUT2D eigenvalue weighted by atomic mass is 10.2. The van der Waals surface area contributed by atoms with Gasteiger partial charge in [0.25, 0.3) is 0 Å². The van der Waals surface area contributed by atoms with Crippen LogP contribution in [0.1, 0.15) is 18.9 Å². The Bertz CT molecular complexity index is 587. The van der Waals surface area contributed by atoms with Gasteiger partial charge in [0.05, 0.1) is 6.54 Å². The summed E-state index contributed by atoms with van der Waals surface area (Å²) in [6, 6.07) is 13.8. The van der Waals surface area contributed by atoms with Crippen molar-refractivity contribution in [2.75, 3.05) is 18.4 Å². The molecule has 116 valence electrons. The largest absolute Gasteiger partial charge is 0.310 e. The second-order valence-electron chi connectivity index (χ2n) is 5.11. The number of carbonyl (C=O) groups excluding carboxylic acids is 1. The van der Waals surface area contributed by atoms with Gasteiger partial charge in [-0.1, -0.05) is 37.3 Å². The molecule has 1 aromatic heterocycles. The molecule has 0 bridgehead atoms. The van der Waals surface area contributed by atoms with Crippen LogP contribution in [0.3, 0.4) is 0 Å². The maximum Gasteiger partial charge on any atom is 0.239 e. The summed E-state index contributed by atoms with van der Waals surface area (Å²) in [6.07, 6.45) is 2.68. The lowest BCUT2D eigenvalue weighted by molar-refractivity contribution is -0.117. The first-order chi connectivity index (χ1) is 10.7. The molecule has 4 nitrogen and oxygen atoms in total. The molecule has 0 saturated carbocycles. The van der Waals surface area contributed by atoms with E-state index in [1.165, 1.54) is 5.56 Å². The number of hydrogen-bond acceptors (Lipinski definition) is 3. The fourth-order valence-corrected chi connectivity index (χ4v) is 2.44. The minimum atomic E-state index is -0.0424. The third-order valence-electron chi connectivity index (χ3n) is 3.15. The lowest BCUT2D eigenvalue weighted by Gasteiger charge is -2.21. The molecule has 1 heterocycles. The van der Waals surface area contributed by atoms with Crippen molar-refractivity contribution in [2.45, 2.75) is 19.9 Å². The number of pyridine rings is 1. The van der Waals surface area contributed by atoms with E-state index in [0.29, 0.717) is 12.4 Å². The van der Waals surface area contributed by atoms with Crippen molar-refractivity contribution in [1.82, 2.24) is 9.88 Å². The average molecular weight is 362 g/mol. The Morgan fingerprint density at radius 1 is 1.23 bits per heavy atom. The number of carbonyl (C=O) groups is 1. The molecule has 0 unspecified atom stereocenters. The van der Waals surface area contributed by atoms with Gasteiger partial charge in [0.2, 0.25) is 5.91 Å². The fraction of sp³-hybridized carbons (Fsp3) is 0.294. The van der Waals surface area contributed by atoms with Crippen molar-refractivity contribution in [2.24, 2.45) is 0 Å². The highest BCUT2D eigenvalue weighted by molar-refractivity contribution is 9.10. The maximum absolute atomic E-state index is 12.2. The summed E-state index contributed by atoms with van der Waals surface area (Å²) in [5, 5.41) is 2.83. The first kappa shape index (κ1) is 16.6. The molecule has 1 amide bonds. The Labute approximate surface area is 139 Å². The molecule has 1 N–H and O–H groups in total. The summed E-state index contributed by atoms with van der Waals surface area (Å²) in [6.45, 7) is 4.14. The number of halogens is 1. The molecule has 0 aliphatic carbocycles. The molecular formula is C17H20BrN3O. The van der Waals surface area contributed by atoms with Crippen LogP contribution in [0, 0.1) is 0 Å². The summed E-state index contributed by atoms with van der Waals surface area (Å²) in [5.41, 5.74) is 1.21. The molecule has 5 heteroatoms. The van der Waals surface area contributed by atoms with Gasteiger partial charge in [0.1, 0.15) is 5.82 Å². The molecule has 0 spiro atoms. The topological polar surface area (TPSA) is 45.2 Å². The second kappa shape index (κ2) is 8.66. The zero-order chi connectivity index (χ0) is 15.8. The van der Waals surface area contributed by atoms with Gasteiger partial charge in [-0.05, 0) is 46.6 Å². The zero-order valence-electron chi connectivity index (χ0n) is 12.6. The number of anilines is 1. The molecule has 1 aromatic carbocycles. The Balaban J connectivity index is 1.92. The SMILES string of the molecule is CCCN(CC(=O)Nc1ccc(Br)cn1)Cc1ccccc1. The maximum atomic E-state index is 12.2. The number of rotatable bonds is 7. The van der Waals surface area contributed by atoms with Crippen LogP contribution >= 0.6 is 15.9 Å². The number of benzene rings is 1. The van der Waals surface area contributed by atoms with Crippen LogP contribution in [0.2, 0.25) is 0 Å². The van der Waals surface area contributed by atoms with E-state index in [4.69, 9.17) is 0 Å². The number of nitrogens with zero attached hydrogens (tertiary/aromatic N) is 2. The van der Waals surface area contributed by atoms with E-state index in [-0.39, 0.29) is 5.91 Å². The Morgan fingerprint density at radius 2 is 2.00 bits per heavy atom. The van der Waals surface area contributed by atoms with Crippen LogP contribution in [-0.2, 0) is 11.3 Å². The van der Waals surface area contributed by atoms with Gasteiger partial charge >= 0.3 is 0 Å². The molecule has 2 rings (SSSR count).